The zero-order valence-corrected chi connectivity index (χ0v) is 11.4. The first kappa shape index (κ1) is 13.5. The van der Waals surface area contributed by atoms with Crippen LogP contribution in [0, 0.1) is 5.82 Å². The van der Waals surface area contributed by atoms with E-state index in [1.807, 2.05) is 19.2 Å². The van der Waals surface area contributed by atoms with Gasteiger partial charge in [-0.25, -0.2) is 4.39 Å². The Hall–Kier alpha value is -0.930. The zero-order chi connectivity index (χ0) is 13.0. The second kappa shape index (κ2) is 5.81. The Balaban J connectivity index is 1.97. The first-order valence-electron chi connectivity index (χ1n) is 6.76. The van der Waals surface area contributed by atoms with Gasteiger partial charge in [0.1, 0.15) is 5.82 Å². The highest BCUT2D eigenvalue weighted by molar-refractivity contribution is 5.18. The summed E-state index contributed by atoms with van der Waals surface area (Å²) in [7, 11) is 4.20. The molecule has 0 amide bonds. The van der Waals surface area contributed by atoms with Gasteiger partial charge in [0.05, 0.1) is 0 Å². The minimum Gasteiger partial charge on any atom is -0.314 e. The fraction of sp³-hybridized carbons (Fsp3) is 0.600. The minimum atomic E-state index is -0.0725. The quantitative estimate of drug-likeness (QED) is 0.883. The van der Waals surface area contributed by atoms with Gasteiger partial charge in [0.15, 0.2) is 0 Å². The van der Waals surface area contributed by atoms with Gasteiger partial charge in [0.25, 0.3) is 0 Å². The van der Waals surface area contributed by atoms with Gasteiger partial charge in [-0.3, -0.25) is 0 Å². The van der Waals surface area contributed by atoms with E-state index in [1.54, 1.807) is 12.1 Å². The summed E-state index contributed by atoms with van der Waals surface area (Å²) in [6.45, 7) is 2.25. The standard InChI is InChI=1S/C15H23FN2/c1-17-15(9-11-18(2)12-10-15)8-7-13-5-3-4-6-14(13)16/h3-6,17H,7-12H2,1-2H3. The number of hydrogen-bond acceptors (Lipinski definition) is 2. The number of likely N-dealkylation sites (tertiary alicyclic amines) is 1. The number of aryl methyl sites for hydroxylation is 1. The molecule has 2 nitrogen and oxygen atoms in total. The molecule has 1 aromatic carbocycles. The van der Waals surface area contributed by atoms with Gasteiger partial charge in [-0.2, -0.15) is 0 Å². The lowest BCUT2D eigenvalue weighted by Gasteiger charge is -2.41. The summed E-state index contributed by atoms with van der Waals surface area (Å²) >= 11 is 0. The van der Waals surface area contributed by atoms with Crippen LogP contribution >= 0.6 is 0 Å². The second-order valence-electron chi connectivity index (χ2n) is 5.43. The molecule has 1 aromatic rings. The molecule has 1 aliphatic rings. The number of halogens is 1. The molecule has 0 atom stereocenters. The van der Waals surface area contributed by atoms with Crippen LogP contribution < -0.4 is 5.32 Å². The van der Waals surface area contributed by atoms with Crippen molar-refractivity contribution in [3.8, 4) is 0 Å². The third kappa shape index (κ3) is 3.09. The van der Waals surface area contributed by atoms with Crippen LogP contribution in [0.25, 0.3) is 0 Å². The van der Waals surface area contributed by atoms with E-state index in [9.17, 15) is 4.39 Å². The molecule has 1 heterocycles. The van der Waals surface area contributed by atoms with E-state index < -0.39 is 0 Å². The van der Waals surface area contributed by atoms with E-state index in [-0.39, 0.29) is 11.4 Å². The Labute approximate surface area is 109 Å². The van der Waals surface area contributed by atoms with Gasteiger partial charge in [0, 0.05) is 5.54 Å². The number of piperidine rings is 1. The van der Waals surface area contributed by atoms with Crippen LogP contribution in [0.2, 0.25) is 0 Å². The van der Waals surface area contributed by atoms with Crippen molar-refractivity contribution < 1.29 is 4.39 Å². The lowest BCUT2D eigenvalue weighted by atomic mass is 9.82. The number of nitrogens with zero attached hydrogens (tertiary/aromatic N) is 1. The fourth-order valence-electron chi connectivity index (χ4n) is 2.75. The average Bonchev–Trinajstić information content (AvgIpc) is 2.40. The predicted molar refractivity (Wildman–Crippen MR) is 73.2 cm³/mol. The van der Waals surface area contributed by atoms with Crippen molar-refractivity contribution in [2.45, 2.75) is 31.2 Å². The van der Waals surface area contributed by atoms with Gasteiger partial charge < -0.3 is 10.2 Å². The summed E-state index contributed by atoms with van der Waals surface area (Å²) in [4.78, 5) is 2.36. The van der Waals surface area contributed by atoms with Crippen molar-refractivity contribution >= 4 is 0 Å². The molecule has 1 N–H and O–H groups in total. The van der Waals surface area contributed by atoms with E-state index in [2.05, 4.69) is 17.3 Å². The average molecular weight is 250 g/mol. The van der Waals surface area contributed by atoms with Crippen LogP contribution in [-0.2, 0) is 6.42 Å². The summed E-state index contributed by atoms with van der Waals surface area (Å²) in [5, 5.41) is 3.48. The van der Waals surface area contributed by atoms with Crippen LogP contribution in [0.1, 0.15) is 24.8 Å². The lowest BCUT2D eigenvalue weighted by molar-refractivity contribution is 0.155. The first-order valence-corrected chi connectivity index (χ1v) is 6.76. The van der Waals surface area contributed by atoms with E-state index >= 15 is 0 Å². The number of nitrogens with one attached hydrogen (secondary N) is 1. The molecule has 1 aliphatic heterocycles. The normalized spacial score (nSPS) is 19.9. The molecule has 100 valence electrons. The smallest absolute Gasteiger partial charge is 0.126 e. The van der Waals surface area contributed by atoms with Crippen molar-refractivity contribution in [1.29, 1.82) is 0 Å². The number of benzene rings is 1. The van der Waals surface area contributed by atoms with Crippen LogP contribution in [0.4, 0.5) is 4.39 Å². The maximum Gasteiger partial charge on any atom is 0.126 e. The largest absolute Gasteiger partial charge is 0.314 e. The molecule has 18 heavy (non-hydrogen) atoms. The summed E-state index contributed by atoms with van der Waals surface area (Å²) in [5.74, 6) is -0.0725. The van der Waals surface area contributed by atoms with Crippen LogP contribution in [0.5, 0.6) is 0 Å². The molecule has 0 bridgehead atoms. The highest BCUT2D eigenvalue weighted by Crippen LogP contribution is 2.27. The van der Waals surface area contributed by atoms with Crippen molar-refractivity contribution in [2.75, 3.05) is 27.2 Å². The number of hydrogen-bond donors (Lipinski definition) is 1. The van der Waals surface area contributed by atoms with Gasteiger partial charge in [-0.15, -0.1) is 0 Å². The molecule has 0 spiro atoms. The van der Waals surface area contributed by atoms with Crippen molar-refractivity contribution in [1.82, 2.24) is 10.2 Å². The molecular weight excluding hydrogens is 227 g/mol. The Bertz CT molecular complexity index is 384. The van der Waals surface area contributed by atoms with E-state index in [4.69, 9.17) is 0 Å². The molecule has 0 unspecified atom stereocenters. The Morgan fingerprint density at radius 2 is 1.94 bits per heavy atom. The summed E-state index contributed by atoms with van der Waals surface area (Å²) in [5.41, 5.74) is 1.03. The van der Waals surface area contributed by atoms with Crippen LogP contribution in [0.15, 0.2) is 24.3 Å². The zero-order valence-electron chi connectivity index (χ0n) is 11.4. The first-order chi connectivity index (χ1) is 8.65. The molecule has 0 aromatic heterocycles. The molecule has 1 saturated heterocycles. The van der Waals surface area contributed by atoms with E-state index in [1.165, 1.54) is 0 Å². The van der Waals surface area contributed by atoms with Gasteiger partial charge >= 0.3 is 0 Å². The van der Waals surface area contributed by atoms with Crippen LogP contribution in [0.3, 0.4) is 0 Å². The predicted octanol–water partition coefficient (Wildman–Crippen LogP) is 2.44. The molecule has 1 fully saturated rings. The third-order valence-electron chi connectivity index (χ3n) is 4.31. The molecule has 3 heteroatoms. The minimum absolute atomic E-state index is 0.0725. The molecule has 2 rings (SSSR count). The van der Waals surface area contributed by atoms with Gasteiger partial charge in [-0.1, -0.05) is 18.2 Å². The molecule has 0 radical (unpaired) electrons. The SMILES string of the molecule is CNC1(CCc2ccccc2F)CCN(C)CC1. The van der Waals surface area contributed by atoms with E-state index in [0.29, 0.717) is 0 Å². The van der Waals surface area contributed by atoms with Crippen molar-refractivity contribution in [2.24, 2.45) is 0 Å². The Morgan fingerprint density at radius 1 is 1.28 bits per heavy atom. The Kier molecular flexibility index (Phi) is 4.36. The number of rotatable bonds is 4. The summed E-state index contributed by atoms with van der Waals surface area (Å²) in [6.07, 6.45) is 4.12. The summed E-state index contributed by atoms with van der Waals surface area (Å²) in [6, 6.07) is 7.12. The maximum absolute atomic E-state index is 13.6. The highest BCUT2D eigenvalue weighted by Gasteiger charge is 2.31. The maximum atomic E-state index is 13.6. The van der Waals surface area contributed by atoms with Crippen LogP contribution in [-0.4, -0.2) is 37.6 Å². The van der Waals surface area contributed by atoms with Crippen molar-refractivity contribution in [3.63, 3.8) is 0 Å². The second-order valence-corrected chi connectivity index (χ2v) is 5.43. The molecular formula is C15H23FN2. The van der Waals surface area contributed by atoms with Gasteiger partial charge in [-0.05, 0) is 64.5 Å². The van der Waals surface area contributed by atoms with Crippen molar-refractivity contribution in [3.05, 3.63) is 35.6 Å². The highest BCUT2D eigenvalue weighted by atomic mass is 19.1. The lowest BCUT2D eigenvalue weighted by Crippen LogP contribution is -2.51. The Morgan fingerprint density at radius 3 is 2.56 bits per heavy atom. The summed E-state index contributed by atoms with van der Waals surface area (Å²) < 4.78 is 13.6. The topological polar surface area (TPSA) is 15.3 Å². The molecule has 0 aliphatic carbocycles. The third-order valence-corrected chi connectivity index (χ3v) is 4.31. The van der Waals surface area contributed by atoms with E-state index in [0.717, 1.165) is 44.3 Å². The molecule has 0 saturated carbocycles. The fourth-order valence-corrected chi connectivity index (χ4v) is 2.75. The monoisotopic (exact) mass is 250 g/mol. The van der Waals surface area contributed by atoms with Gasteiger partial charge in [0.2, 0.25) is 0 Å².